The summed E-state index contributed by atoms with van der Waals surface area (Å²) in [5.41, 5.74) is 2.87. The van der Waals surface area contributed by atoms with Crippen molar-refractivity contribution in [2.75, 3.05) is 6.61 Å². The number of rotatable bonds is 3. The molecule has 0 saturated heterocycles. The van der Waals surface area contributed by atoms with Gasteiger partial charge in [0.05, 0.1) is 11.2 Å². The van der Waals surface area contributed by atoms with Crippen molar-refractivity contribution in [2.24, 2.45) is 5.41 Å². The lowest BCUT2D eigenvalue weighted by Gasteiger charge is -2.19. The van der Waals surface area contributed by atoms with Gasteiger partial charge in [-0.1, -0.05) is 13.8 Å². The molecule has 0 aromatic carbocycles. The quantitative estimate of drug-likeness (QED) is 0.751. The molecule has 1 aromatic rings. The average molecular weight is 171 g/mol. The number of aromatic nitrogens is 1. The Bertz CT molecular complexity index is 206. The molecule has 0 aliphatic heterocycles. The molecule has 0 aliphatic carbocycles. The fraction of sp³-hybridized carbons (Fsp3) is 0.625. The number of nitrogens with zero attached hydrogens (tertiary/aromatic N) is 1. The molecule has 0 radical (unpaired) electrons. The van der Waals surface area contributed by atoms with Crippen LogP contribution in [0.4, 0.5) is 0 Å². The van der Waals surface area contributed by atoms with Gasteiger partial charge in [-0.15, -0.1) is 11.3 Å². The van der Waals surface area contributed by atoms with Gasteiger partial charge in [-0.2, -0.15) is 0 Å². The van der Waals surface area contributed by atoms with Crippen LogP contribution in [0.3, 0.4) is 0 Å². The van der Waals surface area contributed by atoms with Gasteiger partial charge >= 0.3 is 0 Å². The molecule has 11 heavy (non-hydrogen) atoms. The maximum Gasteiger partial charge on any atom is 0.0794 e. The fourth-order valence-corrected chi connectivity index (χ4v) is 1.43. The van der Waals surface area contributed by atoms with Crippen LogP contribution >= 0.6 is 11.3 Å². The normalized spacial score (nSPS) is 11.9. The standard InChI is InChI=1S/C8H13NOS/c1-8(2,5-10)3-7-4-11-6-9-7/h4,6,10H,3,5H2,1-2H3. The zero-order valence-corrected chi connectivity index (χ0v) is 7.69. The van der Waals surface area contributed by atoms with Crippen LogP contribution in [0.2, 0.25) is 0 Å². The summed E-state index contributed by atoms with van der Waals surface area (Å²) in [4.78, 5) is 4.16. The summed E-state index contributed by atoms with van der Waals surface area (Å²) in [6.45, 7) is 4.28. The molecule has 0 bridgehead atoms. The Balaban J connectivity index is 2.56. The molecule has 0 unspecified atom stereocenters. The van der Waals surface area contributed by atoms with E-state index in [1.165, 1.54) is 0 Å². The summed E-state index contributed by atoms with van der Waals surface area (Å²) in [5.74, 6) is 0. The molecule has 3 heteroatoms. The fourth-order valence-electron chi connectivity index (χ4n) is 0.871. The van der Waals surface area contributed by atoms with Crippen molar-refractivity contribution in [3.05, 3.63) is 16.6 Å². The van der Waals surface area contributed by atoms with Gasteiger partial charge < -0.3 is 5.11 Å². The van der Waals surface area contributed by atoms with E-state index in [4.69, 9.17) is 5.11 Å². The summed E-state index contributed by atoms with van der Waals surface area (Å²) in [6, 6.07) is 0. The van der Waals surface area contributed by atoms with Gasteiger partial charge in [0.1, 0.15) is 0 Å². The van der Waals surface area contributed by atoms with E-state index in [0.717, 1.165) is 12.1 Å². The highest BCUT2D eigenvalue weighted by Crippen LogP contribution is 2.20. The molecule has 0 fully saturated rings. The summed E-state index contributed by atoms with van der Waals surface area (Å²) >= 11 is 1.60. The molecule has 2 nitrogen and oxygen atoms in total. The van der Waals surface area contributed by atoms with Crippen LogP contribution in [-0.2, 0) is 6.42 Å². The first kappa shape index (κ1) is 8.68. The Labute approximate surface area is 70.9 Å². The van der Waals surface area contributed by atoms with Crippen molar-refractivity contribution >= 4 is 11.3 Å². The highest BCUT2D eigenvalue weighted by molar-refractivity contribution is 7.07. The second-order valence-corrected chi connectivity index (χ2v) is 4.20. The number of thiazole rings is 1. The minimum absolute atomic E-state index is 0.0337. The van der Waals surface area contributed by atoms with Gasteiger partial charge in [0.25, 0.3) is 0 Å². The van der Waals surface area contributed by atoms with E-state index in [-0.39, 0.29) is 12.0 Å². The molecule has 1 N–H and O–H groups in total. The number of aliphatic hydroxyl groups excluding tert-OH is 1. The van der Waals surface area contributed by atoms with Crippen molar-refractivity contribution in [3.63, 3.8) is 0 Å². The molecule has 0 amide bonds. The predicted octanol–water partition coefficient (Wildman–Crippen LogP) is 1.70. The maximum absolute atomic E-state index is 8.97. The first-order valence-corrected chi connectivity index (χ1v) is 4.56. The maximum atomic E-state index is 8.97. The van der Waals surface area contributed by atoms with Crippen LogP contribution in [0.1, 0.15) is 19.5 Å². The molecule has 0 atom stereocenters. The van der Waals surface area contributed by atoms with Crippen molar-refractivity contribution in [1.82, 2.24) is 4.98 Å². The van der Waals surface area contributed by atoms with E-state index in [0.29, 0.717) is 0 Å². The Morgan fingerprint density at radius 2 is 2.36 bits per heavy atom. The molecule has 0 spiro atoms. The predicted molar refractivity (Wildman–Crippen MR) is 46.7 cm³/mol. The highest BCUT2D eigenvalue weighted by atomic mass is 32.1. The number of aliphatic hydroxyl groups is 1. The average Bonchev–Trinajstić information content (AvgIpc) is 2.39. The van der Waals surface area contributed by atoms with Crippen LogP contribution in [0.25, 0.3) is 0 Å². The molecule has 1 heterocycles. The van der Waals surface area contributed by atoms with E-state index in [9.17, 15) is 0 Å². The highest BCUT2D eigenvalue weighted by Gasteiger charge is 2.17. The van der Waals surface area contributed by atoms with Crippen LogP contribution in [-0.4, -0.2) is 16.7 Å². The van der Waals surface area contributed by atoms with Gasteiger partial charge in [-0.05, 0) is 11.8 Å². The molecule has 62 valence electrons. The van der Waals surface area contributed by atoms with Crippen LogP contribution in [0.15, 0.2) is 10.9 Å². The second kappa shape index (κ2) is 3.32. The van der Waals surface area contributed by atoms with E-state index >= 15 is 0 Å². The van der Waals surface area contributed by atoms with Crippen molar-refractivity contribution < 1.29 is 5.11 Å². The number of hydrogen-bond acceptors (Lipinski definition) is 3. The Hall–Kier alpha value is -0.410. The third-order valence-corrected chi connectivity index (χ3v) is 2.21. The third-order valence-electron chi connectivity index (χ3n) is 1.57. The number of hydrogen-bond donors (Lipinski definition) is 1. The Kier molecular flexibility index (Phi) is 2.62. The van der Waals surface area contributed by atoms with E-state index in [2.05, 4.69) is 4.98 Å². The molecular weight excluding hydrogens is 158 g/mol. The SMILES string of the molecule is CC(C)(CO)Cc1cscn1. The van der Waals surface area contributed by atoms with Gasteiger partial charge in [-0.25, -0.2) is 4.98 Å². The van der Waals surface area contributed by atoms with E-state index in [1.54, 1.807) is 11.3 Å². The van der Waals surface area contributed by atoms with Crippen LogP contribution < -0.4 is 0 Å². The largest absolute Gasteiger partial charge is 0.396 e. The topological polar surface area (TPSA) is 33.1 Å². The van der Waals surface area contributed by atoms with Crippen molar-refractivity contribution in [2.45, 2.75) is 20.3 Å². The van der Waals surface area contributed by atoms with Gasteiger partial charge in [0, 0.05) is 12.0 Å². The smallest absolute Gasteiger partial charge is 0.0794 e. The summed E-state index contributed by atoms with van der Waals surface area (Å²) < 4.78 is 0. The van der Waals surface area contributed by atoms with Crippen molar-refractivity contribution in [1.29, 1.82) is 0 Å². The molecule has 0 saturated carbocycles. The first-order valence-electron chi connectivity index (χ1n) is 3.62. The van der Waals surface area contributed by atoms with E-state index < -0.39 is 0 Å². The van der Waals surface area contributed by atoms with E-state index in [1.807, 2.05) is 24.7 Å². The Morgan fingerprint density at radius 3 is 2.82 bits per heavy atom. The summed E-state index contributed by atoms with van der Waals surface area (Å²) in [7, 11) is 0. The molecule has 1 aromatic heterocycles. The summed E-state index contributed by atoms with van der Waals surface area (Å²) in [6.07, 6.45) is 0.854. The summed E-state index contributed by atoms with van der Waals surface area (Å²) in [5, 5.41) is 11.0. The first-order chi connectivity index (χ1) is 5.14. The van der Waals surface area contributed by atoms with Crippen LogP contribution in [0, 0.1) is 5.41 Å². The van der Waals surface area contributed by atoms with Gasteiger partial charge in [0.2, 0.25) is 0 Å². The second-order valence-electron chi connectivity index (χ2n) is 3.48. The zero-order valence-electron chi connectivity index (χ0n) is 6.87. The lowest BCUT2D eigenvalue weighted by atomic mass is 9.89. The third kappa shape index (κ3) is 2.60. The minimum atomic E-state index is -0.0337. The lowest BCUT2D eigenvalue weighted by Crippen LogP contribution is -2.19. The van der Waals surface area contributed by atoms with Gasteiger partial charge in [-0.3, -0.25) is 0 Å². The zero-order chi connectivity index (χ0) is 8.32. The van der Waals surface area contributed by atoms with Crippen molar-refractivity contribution in [3.8, 4) is 0 Å². The van der Waals surface area contributed by atoms with Crippen LogP contribution in [0.5, 0.6) is 0 Å². The molecular formula is C8H13NOS. The molecule has 1 rings (SSSR count). The lowest BCUT2D eigenvalue weighted by molar-refractivity contribution is 0.159. The Morgan fingerprint density at radius 1 is 1.64 bits per heavy atom. The monoisotopic (exact) mass is 171 g/mol. The minimum Gasteiger partial charge on any atom is -0.396 e. The van der Waals surface area contributed by atoms with Gasteiger partial charge in [0.15, 0.2) is 0 Å². The molecule has 0 aliphatic rings.